The van der Waals surface area contributed by atoms with E-state index in [1.54, 1.807) is 0 Å². The van der Waals surface area contributed by atoms with E-state index < -0.39 is 73.8 Å². The number of fused-ring (bicyclic) bond motifs is 1. The summed E-state index contributed by atoms with van der Waals surface area (Å²) in [6, 6.07) is -1.17. The van der Waals surface area contributed by atoms with Crippen molar-refractivity contribution >= 4 is 74.5 Å². The van der Waals surface area contributed by atoms with Crippen LogP contribution in [0.2, 0.25) is 0 Å². The summed E-state index contributed by atoms with van der Waals surface area (Å²) in [5.74, 6) is -5.06. The van der Waals surface area contributed by atoms with Crippen LogP contribution in [0.15, 0.2) is 15.6 Å². The number of carbonyl (C=O) groups excluding carboxylic acids is 3. The number of rotatable bonds is 9. The molecule has 2 amide bonds. The molecule has 1 saturated heterocycles. The molecule has 0 aliphatic carbocycles. The number of β-lactam (4-membered cyclic amide) rings is 1. The number of hydrogen-bond donors (Lipinski definition) is 1. The van der Waals surface area contributed by atoms with Gasteiger partial charge in [-0.05, 0) is 17.3 Å². The molecule has 1 aromatic rings. The first-order valence-corrected chi connectivity index (χ1v) is 13.9. The Morgan fingerprint density at radius 1 is 1.26 bits per heavy atom. The van der Waals surface area contributed by atoms with Gasteiger partial charge in [0.05, 0.1) is 23.2 Å². The van der Waals surface area contributed by atoms with E-state index >= 15 is 0 Å². The maximum atomic E-state index is 12.4. The van der Waals surface area contributed by atoms with Crippen molar-refractivity contribution < 1.29 is 105 Å². The molecule has 1 unspecified atom stereocenters. The minimum Gasteiger partial charge on any atom is -0.748 e. The third kappa shape index (κ3) is 9.31. The minimum absolute atomic E-state index is 0. The number of amides is 2. The van der Waals surface area contributed by atoms with Crippen molar-refractivity contribution in [1.82, 2.24) is 20.4 Å². The molecule has 21 heteroatoms. The van der Waals surface area contributed by atoms with Gasteiger partial charge in [-0.2, -0.15) is 13.2 Å². The van der Waals surface area contributed by atoms with Gasteiger partial charge < -0.3 is 19.8 Å². The molecular weight excluding hydrogens is 599 g/mol. The van der Waals surface area contributed by atoms with E-state index in [0.717, 1.165) is 39.8 Å². The van der Waals surface area contributed by atoms with Crippen LogP contribution in [0.4, 0.5) is 13.2 Å². The van der Waals surface area contributed by atoms with Crippen molar-refractivity contribution in [3.63, 3.8) is 0 Å². The molecule has 3 heterocycles. The molecule has 1 aromatic heterocycles. The second-order valence-electron chi connectivity index (χ2n) is 6.38. The number of nitrogens with one attached hydrogen (secondary N) is 1. The van der Waals surface area contributed by atoms with Crippen molar-refractivity contribution in [3.05, 3.63) is 16.3 Å². The number of halogens is 3. The number of carboxylic acid groups (broad SMARTS) is 1. The summed E-state index contributed by atoms with van der Waals surface area (Å²) in [6.07, 6.45) is 0. The molecule has 11 nitrogen and oxygen atoms in total. The van der Waals surface area contributed by atoms with Crippen molar-refractivity contribution in [2.24, 2.45) is 0 Å². The molecule has 182 valence electrons. The largest absolute Gasteiger partial charge is 1.00 e. The minimum atomic E-state index is -4.61. The van der Waals surface area contributed by atoms with Crippen molar-refractivity contribution in [2.45, 2.75) is 27.0 Å². The van der Waals surface area contributed by atoms with Crippen LogP contribution >= 0.6 is 46.6 Å². The van der Waals surface area contributed by atoms with Crippen molar-refractivity contribution in [1.29, 1.82) is 0 Å². The fourth-order valence-electron chi connectivity index (χ4n) is 2.80. The van der Waals surface area contributed by atoms with Gasteiger partial charge in [-0.25, -0.2) is 8.42 Å². The second kappa shape index (κ2) is 13.5. The summed E-state index contributed by atoms with van der Waals surface area (Å²) in [7, 11) is -4.54. The molecule has 1 fully saturated rings. The normalized spacial score (nSPS) is 19.8. The van der Waals surface area contributed by atoms with Gasteiger partial charge in [0.25, 0.3) is 5.91 Å². The molecule has 3 rings (SSSR count). The Hall–Kier alpha value is 0.460. The average molecular weight is 611 g/mol. The number of hydrogen-bond acceptors (Lipinski definition) is 13. The Balaban J connectivity index is 0.00000306. The number of aromatic nitrogens is 2. The number of thioether (sulfide) groups is 3. The van der Waals surface area contributed by atoms with Gasteiger partial charge >= 0.3 is 64.6 Å². The summed E-state index contributed by atoms with van der Waals surface area (Å²) in [5.41, 5.74) is -4.72. The summed E-state index contributed by atoms with van der Waals surface area (Å²) in [4.78, 5) is 36.8. The van der Waals surface area contributed by atoms with Crippen molar-refractivity contribution in [3.8, 4) is 0 Å². The fourth-order valence-corrected chi connectivity index (χ4v) is 7.38. The summed E-state index contributed by atoms with van der Waals surface area (Å²) in [6.45, 7) is 0. The van der Waals surface area contributed by atoms with Gasteiger partial charge in [0, 0.05) is 11.5 Å². The molecule has 2 atom stereocenters. The molecule has 2 aliphatic heterocycles. The third-order valence-electron chi connectivity index (χ3n) is 4.04. The van der Waals surface area contributed by atoms with Gasteiger partial charge in [0.2, 0.25) is 5.91 Å². The van der Waals surface area contributed by atoms with Crippen LogP contribution in [-0.4, -0.2) is 80.0 Å². The monoisotopic (exact) mass is 610 g/mol. The van der Waals surface area contributed by atoms with E-state index in [1.165, 1.54) is 0 Å². The Kier molecular flexibility index (Phi) is 12.9. The van der Waals surface area contributed by atoms with Crippen LogP contribution in [0, 0.1) is 0 Å². The Morgan fingerprint density at radius 3 is 2.49 bits per heavy atom. The van der Waals surface area contributed by atoms with E-state index in [1.807, 2.05) is 0 Å². The molecule has 0 radical (unpaired) electrons. The molecule has 1 N–H and O–H groups in total. The van der Waals surface area contributed by atoms with Gasteiger partial charge in [-0.3, -0.25) is 14.5 Å². The van der Waals surface area contributed by atoms with Gasteiger partial charge in [0.15, 0.2) is 4.34 Å². The number of carbonyl (C=O) groups is 3. The maximum Gasteiger partial charge on any atom is 1.00 e. The zero-order chi connectivity index (χ0) is 24.6. The number of nitrogens with zero attached hydrogens (tertiary/aromatic N) is 3. The Morgan fingerprint density at radius 2 is 1.91 bits per heavy atom. The van der Waals surface area contributed by atoms with Gasteiger partial charge in [-0.1, -0.05) is 23.1 Å². The van der Waals surface area contributed by atoms with E-state index in [4.69, 9.17) is 0 Å². The predicted molar refractivity (Wildman–Crippen MR) is 110 cm³/mol. The molecule has 0 saturated carbocycles. The zero-order valence-corrected chi connectivity index (χ0v) is 25.9. The Bertz CT molecular complexity index is 1120. The second-order valence-corrected chi connectivity index (χ2v) is 12.2. The number of carboxylic acids is 1. The van der Waals surface area contributed by atoms with Crippen molar-refractivity contribution in [2.75, 3.05) is 17.3 Å². The van der Waals surface area contributed by atoms with Crippen LogP contribution < -0.4 is 69.5 Å². The number of aliphatic carboxylic acids is 1. The molecule has 0 aromatic carbocycles. The molecule has 0 spiro atoms. The van der Waals surface area contributed by atoms with Crippen LogP contribution in [0.1, 0.15) is 5.01 Å². The predicted octanol–water partition coefficient (Wildman–Crippen LogP) is -6.66. The molecule has 2 aliphatic rings. The first kappa shape index (κ1) is 33.5. The summed E-state index contributed by atoms with van der Waals surface area (Å²) in [5, 5.41) is 20.3. The molecule has 35 heavy (non-hydrogen) atoms. The topological polar surface area (TPSA) is 173 Å². The quantitative estimate of drug-likeness (QED) is 0.121. The first-order chi connectivity index (χ1) is 15.2. The SMILES string of the molecule is O=C(CSC(F)(F)F)NC1C(=O)N2C(C(=O)[O-])=C(CSc3nnc(CS(=O)(=O)[O-])s3)CS[C@@H]12.[Na+].[Na+]. The van der Waals surface area contributed by atoms with Crippen LogP contribution in [0.25, 0.3) is 0 Å². The fraction of sp³-hybridized carbons (Fsp3) is 0.500. The molecule has 0 bridgehead atoms. The van der Waals surface area contributed by atoms with Gasteiger partial charge in [-0.15, -0.1) is 22.0 Å². The molecular formula is C14H11F3N4Na2O7S5. The van der Waals surface area contributed by atoms with E-state index in [9.17, 15) is 45.6 Å². The summed E-state index contributed by atoms with van der Waals surface area (Å²) < 4.78 is 69.3. The third-order valence-corrected chi connectivity index (χ3v) is 9.07. The van der Waals surface area contributed by atoms with E-state index in [0.29, 0.717) is 5.57 Å². The first-order valence-electron chi connectivity index (χ1n) is 8.52. The maximum absolute atomic E-state index is 12.4. The van der Waals surface area contributed by atoms with Crippen LogP contribution in [-0.2, 0) is 30.3 Å². The zero-order valence-electron chi connectivity index (χ0n) is 17.9. The summed E-state index contributed by atoms with van der Waals surface area (Å²) >= 11 is 2.42. The van der Waals surface area contributed by atoms with Crippen LogP contribution in [0.3, 0.4) is 0 Å². The Labute approximate surface area is 257 Å². The van der Waals surface area contributed by atoms with E-state index in [2.05, 4.69) is 15.5 Å². The smallest absolute Gasteiger partial charge is 0.748 e. The average Bonchev–Trinajstić information content (AvgIpc) is 3.12. The standard InChI is InChI=1S/C14H13F3N4O7S5.2Na/c15-14(16,17)31-3-6(22)18-8-10(23)21-9(12(24)25)5(1-29-11(8)21)2-30-13-20-19-7(32-13)4-33(26,27)28;;/h8,11H,1-4H2,(H,18,22)(H,24,25)(H,26,27,28);;/q;2*+1/p-2/t8?,11-;;/m0../s1. The van der Waals surface area contributed by atoms with Crippen LogP contribution in [0.5, 0.6) is 0 Å². The number of alkyl halides is 3. The van der Waals surface area contributed by atoms with E-state index in [-0.39, 0.29) is 80.0 Å². The van der Waals surface area contributed by atoms with Gasteiger partial charge in [0.1, 0.15) is 26.5 Å².